The largest absolute Gasteiger partial charge is 0.340 e. The van der Waals surface area contributed by atoms with Crippen molar-refractivity contribution in [3.8, 4) is 0 Å². The van der Waals surface area contributed by atoms with Gasteiger partial charge in [-0.1, -0.05) is 19.9 Å². The van der Waals surface area contributed by atoms with Crippen molar-refractivity contribution in [1.29, 1.82) is 0 Å². The van der Waals surface area contributed by atoms with E-state index in [2.05, 4.69) is 4.98 Å². The molecule has 0 aliphatic heterocycles. The van der Waals surface area contributed by atoms with Gasteiger partial charge in [-0.2, -0.15) is 4.39 Å². The molecule has 1 rings (SSSR count). The average Bonchev–Trinajstić information content (AvgIpc) is 2.16. The fourth-order valence-corrected chi connectivity index (χ4v) is 1.30. The highest BCUT2D eigenvalue weighted by Gasteiger charge is 2.13. The van der Waals surface area contributed by atoms with Crippen LogP contribution in [-0.4, -0.2) is 22.8 Å². The number of hydrogen-bond donors (Lipinski definition) is 0. The number of rotatable bonds is 3. The average molecular weight is 210 g/mol. The van der Waals surface area contributed by atoms with E-state index in [1.807, 2.05) is 13.8 Å². The zero-order chi connectivity index (χ0) is 11.4. The summed E-state index contributed by atoms with van der Waals surface area (Å²) >= 11 is 0. The number of carbonyl (C=O) groups is 1. The van der Waals surface area contributed by atoms with Crippen LogP contribution < -0.4 is 0 Å². The smallest absolute Gasteiger partial charge is 0.225 e. The molecule has 1 heterocycles. The second-order valence-electron chi connectivity index (χ2n) is 3.80. The molecular weight excluding hydrogens is 195 g/mol. The maximum absolute atomic E-state index is 12.8. The van der Waals surface area contributed by atoms with Gasteiger partial charge in [-0.15, -0.1) is 0 Å². The fourth-order valence-electron chi connectivity index (χ4n) is 1.30. The Labute approximate surface area is 88.9 Å². The van der Waals surface area contributed by atoms with E-state index in [-0.39, 0.29) is 11.8 Å². The minimum absolute atomic E-state index is 0.0288. The van der Waals surface area contributed by atoms with Crippen LogP contribution in [0.2, 0.25) is 0 Å². The van der Waals surface area contributed by atoms with E-state index in [1.54, 1.807) is 24.1 Å². The van der Waals surface area contributed by atoms with E-state index in [1.165, 1.54) is 6.07 Å². The molecule has 0 saturated carbocycles. The number of halogens is 1. The molecule has 0 unspecified atom stereocenters. The molecule has 4 heteroatoms. The molecule has 3 nitrogen and oxygen atoms in total. The van der Waals surface area contributed by atoms with Crippen molar-refractivity contribution in [2.24, 2.45) is 5.92 Å². The Morgan fingerprint density at radius 2 is 2.20 bits per heavy atom. The summed E-state index contributed by atoms with van der Waals surface area (Å²) in [6.45, 7) is 4.00. The van der Waals surface area contributed by atoms with E-state index in [0.717, 1.165) is 0 Å². The summed E-state index contributed by atoms with van der Waals surface area (Å²) in [4.78, 5) is 16.8. The Morgan fingerprint density at radius 1 is 1.53 bits per heavy atom. The molecular formula is C11H15FN2O. The molecule has 0 N–H and O–H groups in total. The van der Waals surface area contributed by atoms with Crippen LogP contribution in [0, 0.1) is 11.9 Å². The molecule has 82 valence electrons. The lowest BCUT2D eigenvalue weighted by Crippen LogP contribution is -2.30. The molecule has 0 atom stereocenters. The Balaban J connectivity index is 2.66. The molecule has 0 aromatic carbocycles. The van der Waals surface area contributed by atoms with Gasteiger partial charge in [0.1, 0.15) is 0 Å². The second-order valence-corrected chi connectivity index (χ2v) is 3.80. The van der Waals surface area contributed by atoms with Crippen molar-refractivity contribution >= 4 is 5.91 Å². The van der Waals surface area contributed by atoms with Crippen molar-refractivity contribution in [3.05, 3.63) is 29.8 Å². The fraction of sp³-hybridized carbons (Fsp3) is 0.455. The second kappa shape index (κ2) is 4.87. The summed E-state index contributed by atoms with van der Waals surface area (Å²) in [6.07, 6.45) is 0. The van der Waals surface area contributed by atoms with Crippen LogP contribution in [-0.2, 0) is 11.3 Å². The first kappa shape index (κ1) is 11.6. The number of aromatic nitrogens is 1. The summed E-state index contributed by atoms with van der Waals surface area (Å²) in [5.74, 6) is -0.539. The lowest BCUT2D eigenvalue weighted by molar-refractivity contribution is -0.133. The molecule has 0 spiro atoms. The predicted octanol–water partition coefficient (Wildman–Crippen LogP) is 1.84. The summed E-state index contributed by atoms with van der Waals surface area (Å²) in [5.41, 5.74) is 0.562. The van der Waals surface area contributed by atoms with Gasteiger partial charge in [0.15, 0.2) is 0 Å². The van der Waals surface area contributed by atoms with E-state index in [0.29, 0.717) is 12.2 Å². The molecule has 1 amide bonds. The van der Waals surface area contributed by atoms with Crippen LogP contribution in [0.3, 0.4) is 0 Å². The van der Waals surface area contributed by atoms with E-state index >= 15 is 0 Å². The van der Waals surface area contributed by atoms with Gasteiger partial charge in [0.2, 0.25) is 11.9 Å². The van der Waals surface area contributed by atoms with Gasteiger partial charge in [0, 0.05) is 13.0 Å². The van der Waals surface area contributed by atoms with Crippen molar-refractivity contribution in [1.82, 2.24) is 9.88 Å². The Bertz CT molecular complexity index is 352. The SMILES string of the molecule is CC(C)C(=O)N(C)Cc1cccc(F)n1. The highest BCUT2D eigenvalue weighted by atomic mass is 19.1. The number of amides is 1. The normalized spacial score (nSPS) is 10.5. The first-order chi connectivity index (χ1) is 7.00. The van der Waals surface area contributed by atoms with E-state index in [4.69, 9.17) is 0 Å². The van der Waals surface area contributed by atoms with Gasteiger partial charge >= 0.3 is 0 Å². The van der Waals surface area contributed by atoms with Gasteiger partial charge < -0.3 is 4.90 Å². The molecule has 0 bridgehead atoms. The first-order valence-electron chi connectivity index (χ1n) is 4.87. The van der Waals surface area contributed by atoms with Gasteiger partial charge in [-0.25, -0.2) is 4.98 Å². The van der Waals surface area contributed by atoms with Crippen LogP contribution in [0.25, 0.3) is 0 Å². The highest BCUT2D eigenvalue weighted by molar-refractivity contribution is 5.77. The minimum Gasteiger partial charge on any atom is -0.340 e. The summed E-state index contributed by atoms with van der Waals surface area (Å²) < 4.78 is 12.8. The zero-order valence-electron chi connectivity index (χ0n) is 9.20. The lowest BCUT2D eigenvalue weighted by atomic mass is 10.2. The third-order valence-corrected chi connectivity index (χ3v) is 2.04. The van der Waals surface area contributed by atoms with Crippen LogP contribution >= 0.6 is 0 Å². The zero-order valence-corrected chi connectivity index (χ0v) is 9.20. The summed E-state index contributed by atoms with van der Waals surface area (Å²) in [7, 11) is 1.69. The van der Waals surface area contributed by atoms with Gasteiger partial charge in [0.25, 0.3) is 0 Å². The topological polar surface area (TPSA) is 33.2 Å². The molecule has 0 aliphatic rings. The molecule has 0 fully saturated rings. The number of pyridine rings is 1. The highest BCUT2D eigenvalue weighted by Crippen LogP contribution is 2.05. The van der Waals surface area contributed by atoms with Crippen molar-refractivity contribution in [2.75, 3.05) is 7.05 Å². The van der Waals surface area contributed by atoms with Crippen LogP contribution in [0.5, 0.6) is 0 Å². The Morgan fingerprint density at radius 3 is 2.73 bits per heavy atom. The van der Waals surface area contributed by atoms with Gasteiger partial charge in [-0.3, -0.25) is 4.79 Å². The Hall–Kier alpha value is -1.45. The third kappa shape index (κ3) is 3.31. The van der Waals surface area contributed by atoms with Crippen molar-refractivity contribution in [3.63, 3.8) is 0 Å². The van der Waals surface area contributed by atoms with Gasteiger partial charge in [-0.05, 0) is 12.1 Å². The van der Waals surface area contributed by atoms with E-state index < -0.39 is 5.95 Å². The third-order valence-electron chi connectivity index (χ3n) is 2.04. The lowest BCUT2D eigenvalue weighted by Gasteiger charge is -2.18. The number of carbonyl (C=O) groups excluding carboxylic acids is 1. The molecule has 0 aliphatic carbocycles. The monoisotopic (exact) mass is 210 g/mol. The Kier molecular flexibility index (Phi) is 3.77. The maximum atomic E-state index is 12.8. The number of hydrogen-bond acceptors (Lipinski definition) is 2. The van der Waals surface area contributed by atoms with Crippen LogP contribution in [0.15, 0.2) is 18.2 Å². The van der Waals surface area contributed by atoms with Crippen molar-refractivity contribution in [2.45, 2.75) is 20.4 Å². The molecule has 1 aromatic rings. The standard InChI is InChI=1S/C11H15FN2O/c1-8(2)11(15)14(3)7-9-5-4-6-10(12)13-9/h4-6,8H,7H2,1-3H3. The quantitative estimate of drug-likeness (QED) is 0.713. The maximum Gasteiger partial charge on any atom is 0.225 e. The minimum atomic E-state index is -0.516. The molecule has 0 radical (unpaired) electrons. The molecule has 15 heavy (non-hydrogen) atoms. The summed E-state index contributed by atoms with van der Waals surface area (Å²) in [5, 5.41) is 0. The predicted molar refractivity (Wildman–Crippen MR) is 55.5 cm³/mol. The van der Waals surface area contributed by atoms with E-state index in [9.17, 15) is 9.18 Å². The van der Waals surface area contributed by atoms with Crippen LogP contribution in [0.1, 0.15) is 19.5 Å². The molecule has 0 saturated heterocycles. The first-order valence-corrected chi connectivity index (χ1v) is 4.87. The summed E-state index contributed by atoms with van der Waals surface area (Å²) in [6, 6.07) is 4.58. The number of nitrogens with zero attached hydrogens (tertiary/aromatic N) is 2. The molecule has 1 aromatic heterocycles. The van der Waals surface area contributed by atoms with Crippen LogP contribution in [0.4, 0.5) is 4.39 Å². The van der Waals surface area contributed by atoms with Crippen molar-refractivity contribution < 1.29 is 9.18 Å². The van der Waals surface area contributed by atoms with Gasteiger partial charge in [0.05, 0.1) is 12.2 Å².